The van der Waals surface area contributed by atoms with Gasteiger partial charge in [0, 0.05) is 28.2 Å². The van der Waals surface area contributed by atoms with Gasteiger partial charge in [-0.25, -0.2) is 0 Å². The van der Waals surface area contributed by atoms with Gasteiger partial charge in [-0.05, 0) is 24.3 Å². The minimum Gasteiger partial charge on any atom is -0.455 e. The van der Waals surface area contributed by atoms with Crippen LogP contribution in [0.1, 0.15) is 15.9 Å². The number of aromatic nitrogens is 1. The maximum atomic E-state index is 13.3. The van der Waals surface area contributed by atoms with Crippen LogP contribution < -0.4 is 10.1 Å². The molecule has 0 bridgehead atoms. The number of nitrogens with zero attached hydrogens (tertiary/aromatic N) is 1. The fourth-order valence-electron chi connectivity index (χ4n) is 3.57. The van der Waals surface area contributed by atoms with Crippen molar-refractivity contribution in [2.45, 2.75) is 0 Å². The predicted octanol–water partition coefficient (Wildman–Crippen LogP) is 5.00. The molecule has 0 spiro atoms. The first-order chi connectivity index (χ1) is 14.2. The zero-order valence-corrected chi connectivity index (χ0v) is 16.7. The molecule has 1 aliphatic rings. The van der Waals surface area contributed by atoms with Gasteiger partial charge in [0.2, 0.25) is 0 Å². The molecule has 0 atom stereocenters. The first-order valence-electron chi connectivity index (χ1n) is 9.06. The maximum absolute atomic E-state index is 13.3. The molecule has 0 saturated heterocycles. The molecular formula is C22H15BrN2O4. The number of carbonyl (C=O) groups is 1. The van der Waals surface area contributed by atoms with Gasteiger partial charge < -0.3 is 19.7 Å². The smallest absolute Gasteiger partial charge is 0.196 e. The van der Waals surface area contributed by atoms with Gasteiger partial charge in [0.25, 0.3) is 0 Å². The van der Waals surface area contributed by atoms with Gasteiger partial charge in [0.1, 0.15) is 5.75 Å². The Morgan fingerprint density at radius 3 is 2.62 bits per heavy atom. The Bertz CT molecular complexity index is 1250. The van der Waals surface area contributed by atoms with E-state index in [0.29, 0.717) is 57.1 Å². The Labute approximate surface area is 174 Å². The first-order valence-corrected chi connectivity index (χ1v) is 9.85. The molecule has 0 fully saturated rings. The number of aliphatic hydroxyl groups excluding tert-OH is 1. The van der Waals surface area contributed by atoms with Crippen molar-refractivity contribution in [3.63, 3.8) is 0 Å². The number of hydrogen-bond donors (Lipinski definition) is 2. The lowest BCUT2D eigenvalue weighted by Crippen LogP contribution is -2.14. The van der Waals surface area contributed by atoms with E-state index in [1.165, 1.54) is 0 Å². The van der Waals surface area contributed by atoms with Crippen molar-refractivity contribution >= 4 is 38.3 Å². The molecule has 0 unspecified atom stereocenters. The maximum Gasteiger partial charge on any atom is 0.196 e. The van der Waals surface area contributed by atoms with E-state index in [1.807, 2.05) is 42.5 Å². The van der Waals surface area contributed by atoms with Crippen LogP contribution >= 0.6 is 15.9 Å². The normalized spacial score (nSPS) is 12.1. The Morgan fingerprint density at radius 1 is 1.10 bits per heavy atom. The molecule has 4 aromatic rings. The lowest BCUT2D eigenvalue weighted by Gasteiger charge is -2.19. The number of ketones is 1. The molecular weight excluding hydrogens is 436 g/mol. The predicted molar refractivity (Wildman–Crippen MR) is 113 cm³/mol. The van der Waals surface area contributed by atoms with E-state index in [9.17, 15) is 9.90 Å². The number of ether oxygens (including phenoxy) is 1. The Hall–Kier alpha value is -3.16. The van der Waals surface area contributed by atoms with Crippen molar-refractivity contribution < 1.29 is 19.2 Å². The second-order valence-electron chi connectivity index (χ2n) is 6.61. The minimum atomic E-state index is -0.114. The molecule has 0 amide bonds. The number of aliphatic hydroxyl groups is 1. The third-order valence-corrected chi connectivity index (χ3v) is 5.36. The van der Waals surface area contributed by atoms with E-state index < -0.39 is 0 Å². The molecule has 5 rings (SSSR count). The monoisotopic (exact) mass is 450 g/mol. The van der Waals surface area contributed by atoms with Gasteiger partial charge in [0.05, 0.1) is 23.2 Å². The van der Waals surface area contributed by atoms with Crippen LogP contribution in [0.15, 0.2) is 63.6 Å². The van der Waals surface area contributed by atoms with E-state index in [2.05, 4.69) is 26.4 Å². The summed E-state index contributed by atoms with van der Waals surface area (Å²) in [5.74, 6) is 1.52. The fourth-order valence-corrected chi connectivity index (χ4v) is 3.83. The van der Waals surface area contributed by atoms with E-state index in [4.69, 9.17) is 9.26 Å². The molecule has 6 nitrogen and oxygen atoms in total. The van der Waals surface area contributed by atoms with E-state index in [0.717, 1.165) is 4.47 Å². The topological polar surface area (TPSA) is 84.6 Å². The summed E-state index contributed by atoms with van der Waals surface area (Å²) in [4.78, 5) is 13.3. The molecule has 2 N–H and O–H groups in total. The number of halogens is 1. The van der Waals surface area contributed by atoms with Gasteiger partial charge in [-0.15, -0.1) is 0 Å². The van der Waals surface area contributed by atoms with Crippen LogP contribution in [0.2, 0.25) is 0 Å². The van der Waals surface area contributed by atoms with Crippen LogP contribution in [-0.4, -0.2) is 29.2 Å². The van der Waals surface area contributed by atoms with Crippen molar-refractivity contribution in [2.75, 3.05) is 18.5 Å². The van der Waals surface area contributed by atoms with Crippen LogP contribution in [0.25, 0.3) is 22.2 Å². The van der Waals surface area contributed by atoms with Crippen LogP contribution in [0.4, 0.5) is 5.69 Å². The lowest BCUT2D eigenvalue weighted by atomic mass is 9.86. The summed E-state index contributed by atoms with van der Waals surface area (Å²) in [7, 11) is 0. The molecule has 1 aliphatic carbocycles. The third kappa shape index (κ3) is 2.90. The van der Waals surface area contributed by atoms with Crippen LogP contribution in [0.3, 0.4) is 0 Å². The zero-order valence-electron chi connectivity index (χ0n) is 15.1. The van der Waals surface area contributed by atoms with Gasteiger partial charge in [-0.2, -0.15) is 0 Å². The molecule has 29 heavy (non-hydrogen) atoms. The van der Waals surface area contributed by atoms with Crippen molar-refractivity contribution in [2.24, 2.45) is 0 Å². The summed E-state index contributed by atoms with van der Waals surface area (Å²) in [5, 5.41) is 17.2. The van der Waals surface area contributed by atoms with Gasteiger partial charge >= 0.3 is 0 Å². The number of carbonyl (C=O) groups excluding carboxylic acids is 1. The number of nitrogens with one attached hydrogen (secondary N) is 1. The van der Waals surface area contributed by atoms with Crippen LogP contribution in [-0.2, 0) is 0 Å². The highest BCUT2D eigenvalue weighted by molar-refractivity contribution is 9.10. The summed E-state index contributed by atoms with van der Waals surface area (Å²) in [6.07, 6.45) is 0. The van der Waals surface area contributed by atoms with Crippen LogP contribution in [0.5, 0.6) is 11.5 Å². The Kier molecular flexibility index (Phi) is 4.34. The second kappa shape index (κ2) is 7.02. The van der Waals surface area contributed by atoms with Crippen molar-refractivity contribution in [1.29, 1.82) is 0 Å². The highest BCUT2D eigenvalue weighted by Gasteiger charge is 2.33. The summed E-state index contributed by atoms with van der Waals surface area (Å²) >= 11 is 3.41. The average Bonchev–Trinajstić information content (AvgIpc) is 3.18. The number of anilines is 1. The molecule has 3 aromatic carbocycles. The summed E-state index contributed by atoms with van der Waals surface area (Å²) in [5.41, 5.74) is 2.80. The molecule has 7 heteroatoms. The molecule has 144 valence electrons. The summed E-state index contributed by atoms with van der Waals surface area (Å²) in [6, 6.07) is 16.4. The molecule has 0 saturated carbocycles. The first kappa shape index (κ1) is 17.9. The highest BCUT2D eigenvalue weighted by Crippen LogP contribution is 2.46. The van der Waals surface area contributed by atoms with Crippen molar-refractivity contribution in [3.8, 4) is 22.8 Å². The minimum absolute atomic E-state index is 0.0678. The fraction of sp³-hybridized carbons (Fsp3) is 0.0909. The number of rotatable bonds is 5. The van der Waals surface area contributed by atoms with Gasteiger partial charge in [-0.1, -0.05) is 45.4 Å². The third-order valence-electron chi connectivity index (χ3n) is 4.83. The Morgan fingerprint density at radius 2 is 1.86 bits per heavy atom. The number of fused-ring (bicyclic) bond motifs is 2. The molecule has 1 aromatic heterocycles. The van der Waals surface area contributed by atoms with E-state index in [-0.39, 0.29) is 12.4 Å². The van der Waals surface area contributed by atoms with E-state index in [1.54, 1.807) is 12.1 Å². The van der Waals surface area contributed by atoms with Crippen molar-refractivity contribution in [3.05, 3.63) is 70.2 Å². The standard InChI is InChI=1S/C22H15BrN2O4/c23-12-5-7-13(8-6-12)28-17-11-16(24-9-10-26)18-19-20(17)25-29-22(19)15-4-2-1-3-14(15)21(18)27/h1-8,11,24,26H,9-10H2. The molecule has 0 aliphatic heterocycles. The number of hydrogen-bond acceptors (Lipinski definition) is 6. The second-order valence-corrected chi connectivity index (χ2v) is 7.53. The van der Waals surface area contributed by atoms with Gasteiger partial charge in [0.15, 0.2) is 22.8 Å². The molecule has 0 radical (unpaired) electrons. The summed E-state index contributed by atoms with van der Waals surface area (Å²) < 4.78 is 12.7. The summed E-state index contributed by atoms with van der Waals surface area (Å²) in [6.45, 7) is 0.230. The quantitative estimate of drug-likeness (QED) is 0.391. The van der Waals surface area contributed by atoms with E-state index >= 15 is 0 Å². The molecule has 1 heterocycles. The highest BCUT2D eigenvalue weighted by atomic mass is 79.9. The average molecular weight is 451 g/mol. The van der Waals surface area contributed by atoms with Crippen LogP contribution in [0, 0.1) is 0 Å². The largest absolute Gasteiger partial charge is 0.455 e. The SMILES string of the molecule is O=C1c2ccccc2-c2onc3c(Oc4ccc(Br)cc4)cc(NCCO)c1c23. The zero-order chi connectivity index (χ0) is 20.0. The number of benzene rings is 3. The van der Waals surface area contributed by atoms with Gasteiger partial charge in [-0.3, -0.25) is 4.79 Å². The lowest BCUT2D eigenvalue weighted by molar-refractivity contribution is 0.104. The van der Waals surface area contributed by atoms with Crippen molar-refractivity contribution in [1.82, 2.24) is 5.16 Å². The Balaban J connectivity index is 1.74.